The van der Waals surface area contributed by atoms with E-state index in [2.05, 4.69) is 53.5 Å². The van der Waals surface area contributed by atoms with E-state index in [9.17, 15) is 15.3 Å². The highest BCUT2D eigenvalue weighted by atomic mass is 16.1. The zero-order valence-electron chi connectivity index (χ0n) is 18.4. The Bertz CT molecular complexity index is 1240. The minimum Gasteiger partial charge on any atom is -0.353 e. The van der Waals surface area contributed by atoms with Crippen molar-refractivity contribution in [3.63, 3.8) is 0 Å². The van der Waals surface area contributed by atoms with Crippen molar-refractivity contribution >= 4 is 17.5 Å². The molecule has 2 heterocycles. The third-order valence-corrected chi connectivity index (χ3v) is 7.75. The summed E-state index contributed by atoms with van der Waals surface area (Å²) >= 11 is 0. The number of allylic oxidation sites excluding steroid dienone is 1. The van der Waals surface area contributed by atoms with Crippen LogP contribution in [0, 0.1) is 40.4 Å². The largest absolute Gasteiger partial charge is 0.353 e. The minimum atomic E-state index is -0.298. The maximum atomic E-state index is 13.9. The fourth-order valence-electron chi connectivity index (χ4n) is 6.09. The molecule has 33 heavy (non-hydrogen) atoms. The number of hydrogen-bond donors (Lipinski definition) is 0. The van der Waals surface area contributed by atoms with Crippen LogP contribution in [0.3, 0.4) is 0 Å². The third kappa shape index (κ3) is 3.21. The number of hydrogen-bond acceptors (Lipinski definition) is 4. The van der Waals surface area contributed by atoms with E-state index in [-0.39, 0.29) is 41.3 Å². The topological polar surface area (TPSA) is 67.9 Å². The summed E-state index contributed by atoms with van der Waals surface area (Å²) in [6.45, 7) is 0. The number of Topliss-reactive ketones (excluding diaryl/α,β-unsaturated/α-hetero) is 1. The molecule has 4 nitrogen and oxygen atoms in total. The zero-order valence-corrected chi connectivity index (χ0v) is 18.4. The highest BCUT2D eigenvalue weighted by Gasteiger charge is 2.57. The van der Waals surface area contributed by atoms with E-state index in [1.165, 1.54) is 0 Å². The van der Waals surface area contributed by atoms with Crippen LogP contribution in [0.15, 0.2) is 71.8 Å². The van der Waals surface area contributed by atoms with E-state index in [4.69, 9.17) is 0 Å². The summed E-state index contributed by atoms with van der Waals surface area (Å²) in [7, 11) is 0. The lowest BCUT2D eigenvalue weighted by Gasteiger charge is -2.36. The van der Waals surface area contributed by atoms with Crippen LogP contribution in [0.4, 0.5) is 5.69 Å². The van der Waals surface area contributed by atoms with Gasteiger partial charge >= 0.3 is 0 Å². The first-order valence-electron chi connectivity index (χ1n) is 11.9. The van der Waals surface area contributed by atoms with Gasteiger partial charge in [0.15, 0.2) is 5.78 Å². The predicted molar refractivity (Wildman–Crippen MR) is 127 cm³/mol. The van der Waals surface area contributed by atoms with E-state index < -0.39 is 0 Å². The molecule has 162 valence electrons. The Morgan fingerprint density at radius 2 is 1.55 bits per heavy atom. The molecule has 1 saturated heterocycles. The molecule has 3 fully saturated rings. The number of fused-ring (bicyclic) bond motifs is 3. The average molecular weight is 432 g/mol. The lowest BCUT2D eigenvalue weighted by Crippen LogP contribution is -2.44. The smallest absolute Gasteiger partial charge is 0.158 e. The number of benzene rings is 2. The SMILES string of the molecule is N#CC(C#N)=C(C1CC1)[C@H]1[C@@H](c2ccccc2)[C@@H](C(=O)C2CC2)N2c3ccccc3C=C[C@H]12. The highest BCUT2D eigenvalue weighted by molar-refractivity contribution is 5.95. The standard InChI is InChI=1S/C29H25N3O/c30-16-22(17-31)25(20-10-11-20)27-24-15-14-18-6-4-5-9-23(18)32(24)28(29(33)21-12-13-21)26(27)19-7-2-1-3-8-19/h1-9,14-15,20-21,24,26-28H,10-13H2/t24-,26-,27+,28+/m1/s1. The van der Waals surface area contributed by atoms with Crippen LogP contribution in [-0.4, -0.2) is 17.9 Å². The molecule has 6 rings (SSSR count). The quantitative estimate of drug-likeness (QED) is 0.594. The summed E-state index contributed by atoms with van der Waals surface area (Å²) in [5.74, 6) is 0.530. The molecule has 0 aromatic heterocycles. The van der Waals surface area contributed by atoms with Crippen molar-refractivity contribution < 1.29 is 4.79 Å². The van der Waals surface area contributed by atoms with Crippen molar-refractivity contribution in [2.45, 2.75) is 43.7 Å². The molecule has 4 atom stereocenters. The summed E-state index contributed by atoms with van der Waals surface area (Å²) in [6.07, 6.45) is 8.30. The van der Waals surface area contributed by atoms with Gasteiger partial charge in [-0.2, -0.15) is 10.5 Å². The lowest BCUT2D eigenvalue weighted by molar-refractivity contribution is -0.121. The van der Waals surface area contributed by atoms with E-state index in [0.29, 0.717) is 5.78 Å². The van der Waals surface area contributed by atoms with Crippen molar-refractivity contribution in [3.8, 4) is 12.1 Å². The highest BCUT2D eigenvalue weighted by Crippen LogP contribution is 2.57. The molecule has 0 N–H and O–H groups in total. The van der Waals surface area contributed by atoms with Gasteiger partial charge in [0.2, 0.25) is 0 Å². The Kier molecular flexibility index (Phi) is 4.70. The van der Waals surface area contributed by atoms with Gasteiger partial charge in [0.1, 0.15) is 17.7 Å². The number of rotatable bonds is 5. The van der Waals surface area contributed by atoms with E-state index in [1.54, 1.807) is 0 Å². The van der Waals surface area contributed by atoms with Crippen LogP contribution in [0.1, 0.15) is 42.7 Å². The molecule has 4 aliphatic rings. The fourth-order valence-corrected chi connectivity index (χ4v) is 6.09. The molecule has 0 unspecified atom stereocenters. The van der Waals surface area contributed by atoms with Crippen LogP contribution >= 0.6 is 0 Å². The van der Waals surface area contributed by atoms with Gasteiger partial charge in [0.05, 0.1) is 12.1 Å². The maximum absolute atomic E-state index is 13.9. The monoisotopic (exact) mass is 431 g/mol. The number of nitriles is 2. The number of anilines is 1. The molecule has 2 aliphatic carbocycles. The summed E-state index contributed by atoms with van der Waals surface area (Å²) in [4.78, 5) is 16.2. The first kappa shape index (κ1) is 20.0. The second kappa shape index (κ2) is 7.75. The van der Waals surface area contributed by atoms with Gasteiger partial charge in [0.25, 0.3) is 0 Å². The van der Waals surface area contributed by atoms with Crippen LogP contribution in [0.2, 0.25) is 0 Å². The third-order valence-electron chi connectivity index (χ3n) is 7.75. The van der Waals surface area contributed by atoms with E-state index in [0.717, 1.165) is 48.1 Å². The number of carbonyl (C=O) groups is 1. The second-order valence-corrected chi connectivity index (χ2v) is 9.73. The van der Waals surface area contributed by atoms with Gasteiger partial charge in [-0.1, -0.05) is 60.7 Å². The van der Waals surface area contributed by atoms with Gasteiger partial charge in [0, 0.05) is 23.4 Å². The molecule has 0 bridgehead atoms. The zero-order chi connectivity index (χ0) is 22.5. The molecule has 2 aromatic carbocycles. The molecule has 4 heteroatoms. The number of ketones is 1. The Morgan fingerprint density at radius 3 is 2.21 bits per heavy atom. The number of nitrogens with zero attached hydrogens (tertiary/aromatic N) is 3. The lowest BCUT2D eigenvalue weighted by atomic mass is 9.73. The Labute approximate surface area is 194 Å². The van der Waals surface area contributed by atoms with Crippen LogP contribution < -0.4 is 4.90 Å². The first-order chi connectivity index (χ1) is 16.2. The molecule has 2 aromatic rings. The second-order valence-electron chi connectivity index (χ2n) is 9.73. The van der Waals surface area contributed by atoms with Crippen molar-refractivity contribution in [1.82, 2.24) is 0 Å². The summed E-state index contributed by atoms with van der Waals surface area (Å²) in [5.41, 5.74) is 4.54. The molecule has 2 saturated carbocycles. The van der Waals surface area contributed by atoms with Crippen molar-refractivity contribution in [2.75, 3.05) is 4.90 Å². The molecule has 2 aliphatic heterocycles. The summed E-state index contributed by atoms with van der Waals surface area (Å²) in [5, 5.41) is 19.8. The van der Waals surface area contributed by atoms with Crippen molar-refractivity contribution in [3.05, 3.63) is 82.9 Å². The molecular weight excluding hydrogens is 406 g/mol. The molecule has 0 radical (unpaired) electrons. The van der Waals surface area contributed by atoms with E-state index >= 15 is 0 Å². The van der Waals surface area contributed by atoms with Gasteiger partial charge < -0.3 is 4.90 Å². The van der Waals surface area contributed by atoms with Crippen LogP contribution in [0.5, 0.6) is 0 Å². The molecule has 0 spiro atoms. The average Bonchev–Trinajstić information content (AvgIpc) is 3.78. The first-order valence-corrected chi connectivity index (χ1v) is 11.9. The van der Waals surface area contributed by atoms with Crippen molar-refractivity contribution in [2.24, 2.45) is 17.8 Å². The predicted octanol–water partition coefficient (Wildman–Crippen LogP) is 5.40. The van der Waals surface area contributed by atoms with E-state index in [1.807, 2.05) is 30.3 Å². The minimum absolute atomic E-state index is 0.0508. The fraction of sp³-hybridized carbons (Fsp3) is 0.345. The van der Waals surface area contributed by atoms with Gasteiger partial charge in [-0.15, -0.1) is 0 Å². The van der Waals surface area contributed by atoms with Gasteiger partial charge in [-0.05, 0) is 54.4 Å². The normalized spacial score (nSPS) is 27.2. The Hall–Kier alpha value is -3.63. The summed E-state index contributed by atoms with van der Waals surface area (Å²) in [6, 6.07) is 22.6. The Morgan fingerprint density at radius 1 is 0.879 bits per heavy atom. The molecular formula is C29H25N3O. The van der Waals surface area contributed by atoms with Crippen LogP contribution in [0.25, 0.3) is 6.08 Å². The number of para-hydroxylation sites is 1. The van der Waals surface area contributed by atoms with Crippen molar-refractivity contribution in [1.29, 1.82) is 10.5 Å². The molecule has 0 amide bonds. The maximum Gasteiger partial charge on any atom is 0.158 e. The van der Waals surface area contributed by atoms with Gasteiger partial charge in [-0.3, -0.25) is 4.79 Å². The van der Waals surface area contributed by atoms with Gasteiger partial charge in [-0.25, -0.2) is 0 Å². The van der Waals surface area contributed by atoms with Crippen LogP contribution in [-0.2, 0) is 4.79 Å². The number of carbonyl (C=O) groups excluding carboxylic acids is 1. The summed E-state index contributed by atoms with van der Waals surface area (Å²) < 4.78 is 0. The Balaban J connectivity index is 1.61.